The molecule has 0 aliphatic carbocycles. The molecule has 0 aliphatic rings. The van der Waals surface area contributed by atoms with E-state index < -0.39 is 0 Å². The smallest absolute Gasteiger partial charge is 0.164 e. The minimum absolute atomic E-state index is 0.228. The predicted molar refractivity (Wildman–Crippen MR) is 135 cm³/mol. The molecule has 0 fully saturated rings. The largest absolute Gasteiger partial charge is 0.493 e. The van der Waals surface area contributed by atoms with Crippen LogP contribution in [0.4, 0.5) is 0 Å². The lowest BCUT2D eigenvalue weighted by molar-refractivity contribution is -0.371. The number of ketones is 2. The Labute approximate surface area is 206 Å². The minimum Gasteiger partial charge on any atom is -0.493 e. The Morgan fingerprint density at radius 1 is 0.743 bits per heavy atom. The molecule has 0 radical (unpaired) electrons. The van der Waals surface area contributed by atoms with E-state index in [1.807, 2.05) is 26.0 Å². The van der Waals surface area contributed by atoms with Crippen LogP contribution in [-0.2, 0) is 9.59 Å². The third-order valence-electron chi connectivity index (χ3n) is 5.02. The van der Waals surface area contributed by atoms with E-state index in [1.165, 1.54) is 12.2 Å². The summed E-state index contributed by atoms with van der Waals surface area (Å²) in [5, 5.41) is 0. The van der Waals surface area contributed by atoms with Crippen LogP contribution in [0.5, 0.6) is 23.0 Å². The molecule has 0 saturated carbocycles. The Morgan fingerprint density at radius 3 is 1.49 bits per heavy atom. The molecule has 35 heavy (non-hydrogen) atoms. The van der Waals surface area contributed by atoms with E-state index >= 15 is 0 Å². The van der Waals surface area contributed by atoms with E-state index in [-0.39, 0.29) is 18.0 Å². The lowest BCUT2D eigenvalue weighted by Gasteiger charge is -2.13. The Hall–Kier alpha value is -3.62. The zero-order chi connectivity index (χ0) is 25.8. The van der Waals surface area contributed by atoms with E-state index in [1.54, 1.807) is 38.5 Å². The van der Waals surface area contributed by atoms with Gasteiger partial charge in [-0.15, -0.1) is 0 Å². The van der Waals surface area contributed by atoms with Crippen LogP contribution in [0.3, 0.4) is 0 Å². The molecule has 6 N–H and O–H groups in total. The van der Waals surface area contributed by atoms with Crippen molar-refractivity contribution in [3.8, 4) is 23.0 Å². The maximum absolute atomic E-state index is 12.3. The molecule has 0 spiro atoms. The van der Waals surface area contributed by atoms with E-state index in [9.17, 15) is 9.59 Å². The fraction of sp³-hybridized carbons (Fsp3) is 0.333. The highest BCUT2D eigenvalue weighted by Gasteiger charge is 2.12. The lowest BCUT2D eigenvalue weighted by atomic mass is 10.1. The van der Waals surface area contributed by atoms with Gasteiger partial charge in [-0.2, -0.15) is 0 Å². The standard InChI is InChI=1S/C27H34N2O6/c1-18-13-20(15-24(32-3)26(18)34-11-9-28)5-7-22(30)17-23(31)8-6-21-14-19(2)27(35-12-10-29)25(16-21)33-4/h5-8,13-16H,9-12,17,28-29H2,1-4H3/p+2/b7-5+,8-6+. The average Bonchev–Trinajstić information content (AvgIpc) is 2.84. The van der Waals surface area contributed by atoms with Crippen LogP contribution in [-0.4, -0.2) is 52.1 Å². The molecule has 2 aromatic rings. The van der Waals surface area contributed by atoms with Crippen LogP contribution in [0.15, 0.2) is 36.4 Å². The summed E-state index contributed by atoms with van der Waals surface area (Å²) in [6.07, 6.45) is 5.91. The first-order valence-electron chi connectivity index (χ1n) is 11.5. The van der Waals surface area contributed by atoms with E-state index in [2.05, 4.69) is 11.5 Å². The summed E-state index contributed by atoms with van der Waals surface area (Å²) < 4.78 is 22.2. The summed E-state index contributed by atoms with van der Waals surface area (Å²) in [5.41, 5.74) is 10.9. The monoisotopic (exact) mass is 484 g/mol. The number of carbonyl (C=O) groups excluding carboxylic acids is 2. The van der Waals surface area contributed by atoms with Crippen LogP contribution in [0, 0.1) is 13.8 Å². The second-order valence-corrected chi connectivity index (χ2v) is 7.92. The molecular weight excluding hydrogens is 448 g/mol. The first kappa shape index (κ1) is 27.6. The van der Waals surface area contributed by atoms with Gasteiger partial charge >= 0.3 is 0 Å². The van der Waals surface area contributed by atoms with Crippen molar-refractivity contribution in [2.24, 2.45) is 0 Å². The summed E-state index contributed by atoms with van der Waals surface area (Å²) in [5.74, 6) is 1.90. The quantitative estimate of drug-likeness (QED) is 0.311. The summed E-state index contributed by atoms with van der Waals surface area (Å²) in [7, 11) is 3.13. The van der Waals surface area contributed by atoms with Crippen molar-refractivity contribution < 1.29 is 40.0 Å². The van der Waals surface area contributed by atoms with Crippen molar-refractivity contribution >= 4 is 23.7 Å². The molecule has 8 heteroatoms. The van der Waals surface area contributed by atoms with Crippen molar-refractivity contribution in [1.82, 2.24) is 0 Å². The number of ether oxygens (including phenoxy) is 4. The fourth-order valence-electron chi connectivity index (χ4n) is 3.42. The zero-order valence-corrected chi connectivity index (χ0v) is 21.0. The van der Waals surface area contributed by atoms with Crippen molar-refractivity contribution in [2.45, 2.75) is 20.3 Å². The molecule has 0 bridgehead atoms. The highest BCUT2D eigenvalue weighted by atomic mass is 16.5. The molecule has 0 aromatic heterocycles. The van der Waals surface area contributed by atoms with Gasteiger partial charge < -0.3 is 30.4 Å². The van der Waals surface area contributed by atoms with Gasteiger partial charge in [-0.1, -0.05) is 12.2 Å². The summed E-state index contributed by atoms with van der Waals surface area (Å²) in [6, 6.07) is 7.37. The molecule has 0 atom stereocenters. The maximum atomic E-state index is 12.3. The van der Waals surface area contributed by atoms with Gasteiger partial charge in [0.05, 0.1) is 20.6 Å². The number of rotatable bonds is 14. The summed E-state index contributed by atoms with van der Waals surface area (Å²) in [4.78, 5) is 24.7. The molecule has 0 aliphatic heterocycles. The van der Waals surface area contributed by atoms with Crippen molar-refractivity contribution in [3.63, 3.8) is 0 Å². The van der Waals surface area contributed by atoms with Gasteiger partial charge in [0.25, 0.3) is 0 Å². The van der Waals surface area contributed by atoms with Crippen LogP contribution in [0.2, 0.25) is 0 Å². The van der Waals surface area contributed by atoms with E-state index in [0.717, 1.165) is 22.3 Å². The lowest BCUT2D eigenvalue weighted by Crippen LogP contribution is -2.52. The van der Waals surface area contributed by atoms with Crippen LogP contribution in [0.1, 0.15) is 28.7 Å². The van der Waals surface area contributed by atoms with Crippen molar-refractivity contribution in [2.75, 3.05) is 40.5 Å². The predicted octanol–water partition coefficient (Wildman–Crippen LogP) is 1.82. The Balaban J connectivity index is 2.05. The van der Waals surface area contributed by atoms with Gasteiger partial charge in [-0.25, -0.2) is 0 Å². The zero-order valence-electron chi connectivity index (χ0n) is 21.0. The van der Waals surface area contributed by atoms with Crippen molar-refractivity contribution in [1.29, 1.82) is 0 Å². The SMILES string of the molecule is COc1cc(/C=C/C(=O)CC(=O)/C=C/c2cc(C)c(OCC[NH3+])c(OC)c2)cc(C)c1OCC[NH3+]. The molecule has 188 valence electrons. The first-order valence-corrected chi connectivity index (χ1v) is 11.5. The number of methoxy groups -OCH3 is 2. The maximum Gasteiger partial charge on any atom is 0.164 e. The number of carbonyl (C=O) groups is 2. The molecule has 0 heterocycles. The number of allylic oxidation sites excluding steroid dienone is 2. The second-order valence-electron chi connectivity index (χ2n) is 7.92. The highest BCUT2D eigenvalue weighted by molar-refractivity contribution is 6.10. The van der Waals surface area contributed by atoms with E-state index in [4.69, 9.17) is 18.9 Å². The summed E-state index contributed by atoms with van der Waals surface area (Å²) >= 11 is 0. The molecule has 8 nitrogen and oxygen atoms in total. The molecule has 2 aromatic carbocycles. The minimum atomic E-state index is -0.292. The number of hydrogen-bond donors (Lipinski definition) is 2. The van der Waals surface area contributed by atoms with Gasteiger partial charge in [0.2, 0.25) is 0 Å². The third-order valence-corrected chi connectivity index (χ3v) is 5.02. The van der Waals surface area contributed by atoms with Crippen LogP contribution in [0.25, 0.3) is 12.2 Å². The van der Waals surface area contributed by atoms with Gasteiger partial charge in [0.1, 0.15) is 26.3 Å². The van der Waals surface area contributed by atoms with Crippen molar-refractivity contribution in [3.05, 3.63) is 58.7 Å². The average molecular weight is 485 g/mol. The number of hydrogen-bond acceptors (Lipinski definition) is 6. The molecular formula is C27H36N2O6+2. The number of quaternary nitrogens is 2. The first-order chi connectivity index (χ1) is 16.8. The van der Waals surface area contributed by atoms with Crippen LogP contribution >= 0.6 is 0 Å². The van der Waals surface area contributed by atoms with Gasteiger partial charge in [0.15, 0.2) is 34.6 Å². The highest BCUT2D eigenvalue weighted by Crippen LogP contribution is 2.33. The second kappa shape index (κ2) is 13.9. The Kier molecular flexibility index (Phi) is 11.0. The number of aryl methyl sites for hydroxylation is 2. The Morgan fingerprint density at radius 2 is 1.14 bits per heavy atom. The molecule has 2 rings (SSSR count). The third kappa shape index (κ3) is 8.27. The van der Waals surface area contributed by atoms with Gasteiger partial charge in [-0.3, -0.25) is 9.59 Å². The summed E-state index contributed by atoms with van der Waals surface area (Å²) in [6.45, 7) is 6.08. The normalized spacial score (nSPS) is 11.1. The van der Waals surface area contributed by atoms with Gasteiger partial charge in [-0.05, 0) is 72.5 Å². The van der Waals surface area contributed by atoms with Crippen LogP contribution < -0.4 is 30.4 Å². The fourth-order valence-corrected chi connectivity index (χ4v) is 3.42. The Bertz CT molecular complexity index is 1010. The topological polar surface area (TPSA) is 126 Å². The van der Waals surface area contributed by atoms with Gasteiger partial charge in [0, 0.05) is 0 Å². The number of benzene rings is 2. The van der Waals surface area contributed by atoms with E-state index in [0.29, 0.717) is 49.3 Å². The molecule has 0 amide bonds. The molecule has 0 saturated heterocycles. The molecule has 0 unspecified atom stereocenters.